The maximum absolute atomic E-state index is 13.9. The number of aromatic nitrogens is 2. The normalized spacial score (nSPS) is 16.4. The summed E-state index contributed by atoms with van der Waals surface area (Å²) in [6.45, 7) is 4.58. The second kappa shape index (κ2) is 7.53. The summed E-state index contributed by atoms with van der Waals surface area (Å²) >= 11 is 0. The highest BCUT2D eigenvalue weighted by Gasteiger charge is 2.33. The van der Waals surface area contributed by atoms with Gasteiger partial charge in [-0.3, -0.25) is 10.1 Å². The molecule has 9 nitrogen and oxygen atoms in total. The fraction of sp³-hybridized carbons (Fsp3) is 0.438. The third-order valence-electron chi connectivity index (χ3n) is 4.84. The average molecular weight is 416 g/mol. The molecule has 1 aromatic heterocycles. The fourth-order valence-corrected chi connectivity index (χ4v) is 4.85. The molecule has 0 spiro atoms. The average Bonchev–Trinajstić information content (AvgIpc) is 2.91. The van der Waals surface area contributed by atoms with Crippen molar-refractivity contribution in [3.63, 3.8) is 0 Å². The molecule has 1 N–H and O–H groups in total. The van der Waals surface area contributed by atoms with Crippen molar-refractivity contribution in [1.82, 2.24) is 14.1 Å². The van der Waals surface area contributed by atoms with E-state index in [1.54, 1.807) is 18.5 Å². The number of sulfonamides is 1. The van der Waals surface area contributed by atoms with Crippen LogP contribution in [0, 0.1) is 35.6 Å². The molecule has 12 heteroatoms. The SMILES string of the molecule is Cc1nn(C[NH+]2CCN(S(=O)(=O)c3cc(F)ccc3F)CC2)c(C)c1[N+](=O)[O-]. The summed E-state index contributed by atoms with van der Waals surface area (Å²) in [5.41, 5.74) is 0.735. The van der Waals surface area contributed by atoms with E-state index in [1.807, 2.05) is 0 Å². The van der Waals surface area contributed by atoms with Gasteiger partial charge in [0.2, 0.25) is 10.0 Å². The van der Waals surface area contributed by atoms with Crippen LogP contribution < -0.4 is 4.90 Å². The van der Waals surface area contributed by atoms with Crippen LogP contribution in [0.1, 0.15) is 11.4 Å². The van der Waals surface area contributed by atoms with Gasteiger partial charge in [-0.15, -0.1) is 0 Å². The lowest BCUT2D eigenvalue weighted by Crippen LogP contribution is -3.14. The zero-order chi connectivity index (χ0) is 20.6. The Balaban J connectivity index is 1.70. The molecule has 0 amide bonds. The van der Waals surface area contributed by atoms with Crippen LogP contribution in [0.5, 0.6) is 0 Å². The van der Waals surface area contributed by atoms with Crippen LogP contribution in [-0.2, 0) is 16.7 Å². The van der Waals surface area contributed by atoms with Gasteiger partial charge < -0.3 is 4.90 Å². The lowest BCUT2D eigenvalue weighted by molar-refractivity contribution is -0.926. The maximum Gasteiger partial charge on any atom is 0.312 e. The highest BCUT2D eigenvalue weighted by molar-refractivity contribution is 7.89. The summed E-state index contributed by atoms with van der Waals surface area (Å²) in [5, 5.41) is 15.3. The number of hydrogen-bond donors (Lipinski definition) is 1. The predicted molar refractivity (Wildman–Crippen MR) is 94.2 cm³/mol. The number of hydrogen-bond acceptors (Lipinski definition) is 5. The number of nitrogens with one attached hydrogen (secondary N) is 1. The summed E-state index contributed by atoms with van der Waals surface area (Å²) < 4.78 is 55.2. The van der Waals surface area contributed by atoms with Crippen LogP contribution in [-0.4, -0.2) is 53.6 Å². The van der Waals surface area contributed by atoms with Crippen LogP contribution in [0.3, 0.4) is 0 Å². The van der Waals surface area contributed by atoms with Gasteiger partial charge in [-0.2, -0.15) is 9.40 Å². The topological polar surface area (TPSA) is 103 Å². The summed E-state index contributed by atoms with van der Waals surface area (Å²) in [6, 6.07) is 2.34. The third-order valence-corrected chi connectivity index (χ3v) is 6.75. The Labute approximate surface area is 160 Å². The molecule has 1 saturated heterocycles. The minimum absolute atomic E-state index is 0.0257. The second-order valence-electron chi connectivity index (χ2n) is 6.66. The first-order chi connectivity index (χ1) is 13.1. The Morgan fingerprint density at radius 1 is 1.25 bits per heavy atom. The van der Waals surface area contributed by atoms with E-state index in [0.29, 0.717) is 37.2 Å². The molecule has 1 aliphatic heterocycles. The first kappa shape index (κ1) is 20.3. The maximum atomic E-state index is 13.9. The predicted octanol–water partition coefficient (Wildman–Crippen LogP) is 0.233. The van der Waals surface area contributed by atoms with Crippen molar-refractivity contribution < 1.29 is 27.0 Å². The first-order valence-electron chi connectivity index (χ1n) is 8.58. The molecule has 0 radical (unpaired) electrons. The molecule has 1 aromatic carbocycles. The molecule has 2 heterocycles. The van der Waals surface area contributed by atoms with Crippen LogP contribution in [0.4, 0.5) is 14.5 Å². The number of benzene rings is 1. The first-order valence-corrected chi connectivity index (χ1v) is 10.0. The van der Waals surface area contributed by atoms with Crippen LogP contribution in [0.2, 0.25) is 0 Å². The number of piperazine rings is 1. The van der Waals surface area contributed by atoms with Gasteiger partial charge in [-0.1, -0.05) is 0 Å². The molecular weight excluding hydrogens is 396 g/mol. The fourth-order valence-electron chi connectivity index (χ4n) is 3.33. The van der Waals surface area contributed by atoms with Gasteiger partial charge in [0.1, 0.15) is 27.9 Å². The molecule has 28 heavy (non-hydrogen) atoms. The Hall–Kier alpha value is -2.44. The lowest BCUT2D eigenvalue weighted by atomic mass is 10.3. The summed E-state index contributed by atoms with van der Waals surface area (Å²) in [5.74, 6) is -1.82. The standard InChI is InChI=1S/C16H19F2N5O4S/c1-11-16(23(24)25)12(2)22(19-11)10-20-5-7-21(8-6-20)28(26,27)15-9-13(17)3-4-14(15)18/h3-4,9H,5-8,10H2,1-2H3/p+1. The van der Waals surface area contributed by atoms with Gasteiger partial charge in [0.15, 0.2) is 6.67 Å². The number of aryl methyl sites for hydroxylation is 1. The molecule has 152 valence electrons. The summed E-state index contributed by atoms with van der Waals surface area (Å²) in [7, 11) is -4.14. The molecular formula is C16H20F2N5O4S+. The van der Waals surface area contributed by atoms with E-state index in [4.69, 9.17) is 0 Å². The quantitative estimate of drug-likeness (QED) is 0.555. The van der Waals surface area contributed by atoms with Crippen LogP contribution in [0.25, 0.3) is 0 Å². The van der Waals surface area contributed by atoms with E-state index >= 15 is 0 Å². The Bertz CT molecular complexity index is 1020. The van der Waals surface area contributed by atoms with Gasteiger partial charge in [0, 0.05) is 0 Å². The second-order valence-corrected chi connectivity index (χ2v) is 8.57. The molecule has 0 bridgehead atoms. The number of halogens is 2. The summed E-state index contributed by atoms with van der Waals surface area (Å²) in [4.78, 5) is 10.9. The van der Waals surface area contributed by atoms with E-state index < -0.39 is 31.5 Å². The van der Waals surface area contributed by atoms with E-state index in [2.05, 4.69) is 5.10 Å². The van der Waals surface area contributed by atoms with Crippen LogP contribution in [0.15, 0.2) is 23.1 Å². The third kappa shape index (κ3) is 3.75. The van der Waals surface area contributed by atoms with Crippen molar-refractivity contribution in [1.29, 1.82) is 0 Å². The molecule has 0 atom stereocenters. The van der Waals surface area contributed by atoms with E-state index in [1.165, 1.54) is 0 Å². The molecule has 0 unspecified atom stereocenters. The van der Waals surface area contributed by atoms with E-state index in [9.17, 15) is 27.3 Å². The van der Waals surface area contributed by atoms with Crippen LogP contribution >= 0.6 is 0 Å². The minimum atomic E-state index is -4.14. The van der Waals surface area contributed by atoms with Crippen molar-refractivity contribution in [2.75, 3.05) is 26.2 Å². The smallest absolute Gasteiger partial charge is 0.312 e. The van der Waals surface area contributed by atoms with Crippen molar-refractivity contribution in [3.8, 4) is 0 Å². The van der Waals surface area contributed by atoms with E-state index in [0.717, 1.165) is 21.3 Å². The summed E-state index contributed by atoms with van der Waals surface area (Å²) in [6.07, 6.45) is 0. The zero-order valence-corrected chi connectivity index (χ0v) is 16.2. The Morgan fingerprint density at radius 3 is 2.46 bits per heavy atom. The number of nitro groups is 1. The van der Waals surface area contributed by atoms with Crippen molar-refractivity contribution in [3.05, 3.63) is 51.3 Å². The highest BCUT2D eigenvalue weighted by atomic mass is 32.2. The van der Waals surface area contributed by atoms with Gasteiger partial charge in [0.05, 0.1) is 31.1 Å². The van der Waals surface area contributed by atoms with Gasteiger partial charge in [0.25, 0.3) is 0 Å². The lowest BCUT2D eigenvalue weighted by Gasteiger charge is -2.31. The van der Waals surface area contributed by atoms with Crippen molar-refractivity contribution in [2.45, 2.75) is 25.4 Å². The monoisotopic (exact) mass is 416 g/mol. The molecule has 1 aliphatic rings. The number of rotatable bonds is 5. The number of nitrogens with zero attached hydrogens (tertiary/aromatic N) is 4. The van der Waals surface area contributed by atoms with Gasteiger partial charge in [-0.25, -0.2) is 21.9 Å². The molecule has 1 fully saturated rings. The Morgan fingerprint density at radius 2 is 1.89 bits per heavy atom. The highest BCUT2D eigenvalue weighted by Crippen LogP contribution is 2.22. The largest absolute Gasteiger partial charge is 0.314 e. The van der Waals surface area contributed by atoms with E-state index in [-0.39, 0.29) is 18.8 Å². The Kier molecular flexibility index (Phi) is 5.46. The minimum Gasteiger partial charge on any atom is -0.314 e. The zero-order valence-electron chi connectivity index (χ0n) is 15.4. The molecule has 0 saturated carbocycles. The number of quaternary nitrogens is 1. The molecule has 3 rings (SSSR count). The van der Waals surface area contributed by atoms with Crippen molar-refractivity contribution in [2.24, 2.45) is 0 Å². The van der Waals surface area contributed by atoms with Crippen molar-refractivity contribution >= 4 is 15.7 Å². The molecule has 2 aromatic rings. The van der Waals surface area contributed by atoms with Gasteiger partial charge >= 0.3 is 5.69 Å². The molecule has 0 aliphatic carbocycles. The van der Waals surface area contributed by atoms with Gasteiger partial charge in [-0.05, 0) is 32.0 Å².